The summed E-state index contributed by atoms with van der Waals surface area (Å²) in [5, 5.41) is 5.52. The molecule has 2 rings (SSSR count). The molecule has 1 N–H and O–H groups in total. The molecule has 0 radical (unpaired) electrons. The van der Waals surface area contributed by atoms with Crippen molar-refractivity contribution in [1.82, 2.24) is 4.98 Å². The highest BCUT2D eigenvalue weighted by atomic mass is 35.5. The Morgan fingerprint density at radius 1 is 1.35 bits per heavy atom. The molecule has 0 aliphatic heterocycles. The summed E-state index contributed by atoms with van der Waals surface area (Å²) in [5.74, 6) is 1.02. The second-order valence-electron chi connectivity index (χ2n) is 4.63. The summed E-state index contributed by atoms with van der Waals surface area (Å²) in [4.78, 5) is 6.74. The molecule has 1 unspecified atom stereocenters. The topological polar surface area (TPSA) is 28.2 Å². The average Bonchev–Trinajstić information content (AvgIpc) is 2.89. The predicted molar refractivity (Wildman–Crippen MR) is 89.2 cm³/mol. The lowest BCUT2D eigenvalue weighted by atomic mass is 10.2. The fourth-order valence-corrected chi connectivity index (χ4v) is 3.07. The molecule has 2 aromatic rings. The Balaban J connectivity index is 2.03. The highest BCUT2D eigenvalue weighted by Gasteiger charge is 2.08. The zero-order valence-corrected chi connectivity index (χ0v) is 13.6. The Hall–Kier alpha value is -1.26. The van der Waals surface area contributed by atoms with Gasteiger partial charge in [0.1, 0.15) is 5.82 Å². The van der Waals surface area contributed by atoms with E-state index in [1.54, 1.807) is 11.3 Å². The summed E-state index contributed by atoms with van der Waals surface area (Å²) < 4.78 is 0.823. The van der Waals surface area contributed by atoms with Gasteiger partial charge in [0, 0.05) is 19.1 Å². The number of nitrogens with zero attached hydrogens (tertiary/aromatic N) is 2. The third-order valence-electron chi connectivity index (χ3n) is 3.31. The Morgan fingerprint density at radius 2 is 2.10 bits per heavy atom. The lowest BCUT2D eigenvalue weighted by molar-refractivity contribution is 0.844. The summed E-state index contributed by atoms with van der Waals surface area (Å²) in [5.41, 5.74) is 2.23. The van der Waals surface area contributed by atoms with Crippen molar-refractivity contribution in [2.45, 2.75) is 26.8 Å². The first kappa shape index (κ1) is 15.1. The Bertz CT molecular complexity index is 534. The zero-order chi connectivity index (χ0) is 14.5. The number of pyridine rings is 1. The molecule has 2 aromatic heterocycles. The Kier molecular flexibility index (Phi) is 5.26. The fraction of sp³-hybridized carbons (Fsp3) is 0.400. The molecule has 2 heterocycles. The van der Waals surface area contributed by atoms with E-state index in [0.717, 1.165) is 28.9 Å². The Morgan fingerprint density at radius 3 is 2.60 bits per heavy atom. The van der Waals surface area contributed by atoms with Gasteiger partial charge in [0.15, 0.2) is 0 Å². The van der Waals surface area contributed by atoms with Gasteiger partial charge in [-0.1, -0.05) is 11.6 Å². The highest BCUT2D eigenvalue weighted by molar-refractivity contribution is 7.14. The Labute approximate surface area is 129 Å². The molecule has 0 aromatic carbocycles. The van der Waals surface area contributed by atoms with Crippen LogP contribution in [0, 0.1) is 0 Å². The van der Waals surface area contributed by atoms with E-state index >= 15 is 0 Å². The zero-order valence-electron chi connectivity index (χ0n) is 12.1. The van der Waals surface area contributed by atoms with Crippen LogP contribution in [0.3, 0.4) is 0 Å². The molecule has 0 amide bonds. The van der Waals surface area contributed by atoms with Crippen molar-refractivity contribution < 1.29 is 0 Å². The number of hydrogen-bond donors (Lipinski definition) is 1. The van der Waals surface area contributed by atoms with Crippen LogP contribution in [0.2, 0.25) is 4.34 Å². The number of nitrogens with one attached hydrogen (secondary N) is 1. The lowest BCUT2D eigenvalue weighted by Gasteiger charge is -2.20. The minimum atomic E-state index is 0.222. The third-order valence-corrected chi connectivity index (χ3v) is 4.42. The van der Waals surface area contributed by atoms with E-state index in [0.29, 0.717) is 0 Å². The molecule has 0 spiro atoms. The molecule has 3 nitrogen and oxygen atoms in total. The summed E-state index contributed by atoms with van der Waals surface area (Å²) >= 11 is 7.53. The number of hydrogen-bond acceptors (Lipinski definition) is 4. The van der Waals surface area contributed by atoms with Crippen molar-refractivity contribution in [3.05, 3.63) is 39.7 Å². The van der Waals surface area contributed by atoms with Gasteiger partial charge in [-0.3, -0.25) is 0 Å². The molecule has 0 fully saturated rings. The fourth-order valence-electron chi connectivity index (χ4n) is 2.09. The van der Waals surface area contributed by atoms with Crippen LogP contribution in [0.25, 0.3) is 0 Å². The smallest absolute Gasteiger partial charge is 0.128 e. The van der Waals surface area contributed by atoms with Crippen LogP contribution in [-0.2, 0) is 0 Å². The number of aromatic nitrogens is 1. The molecule has 0 aliphatic rings. The van der Waals surface area contributed by atoms with E-state index in [9.17, 15) is 0 Å². The van der Waals surface area contributed by atoms with E-state index < -0.39 is 0 Å². The molecule has 5 heteroatoms. The van der Waals surface area contributed by atoms with E-state index in [4.69, 9.17) is 11.6 Å². The van der Waals surface area contributed by atoms with Crippen LogP contribution in [0.1, 0.15) is 32.4 Å². The molecule has 0 bridgehead atoms. The van der Waals surface area contributed by atoms with Crippen LogP contribution in [-0.4, -0.2) is 18.1 Å². The number of rotatable bonds is 6. The molecule has 0 aliphatic carbocycles. The highest BCUT2D eigenvalue weighted by Crippen LogP contribution is 2.27. The van der Waals surface area contributed by atoms with Gasteiger partial charge < -0.3 is 10.2 Å². The van der Waals surface area contributed by atoms with Crippen LogP contribution in [0.5, 0.6) is 0 Å². The largest absolute Gasteiger partial charge is 0.377 e. The van der Waals surface area contributed by atoms with E-state index in [-0.39, 0.29) is 6.04 Å². The van der Waals surface area contributed by atoms with E-state index in [1.807, 2.05) is 12.3 Å². The first-order valence-corrected chi connectivity index (χ1v) is 8.11. The average molecular weight is 310 g/mol. The molecule has 0 saturated heterocycles. The first-order chi connectivity index (χ1) is 9.63. The van der Waals surface area contributed by atoms with Crippen molar-refractivity contribution >= 4 is 34.4 Å². The van der Waals surface area contributed by atoms with Crippen molar-refractivity contribution in [3.8, 4) is 0 Å². The quantitative estimate of drug-likeness (QED) is 0.829. The van der Waals surface area contributed by atoms with Crippen molar-refractivity contribution in [2.75, 3.05) is 23.3 Å². The van der Waals surface area contributed by atoms with Crippen LogP contribution in [0.4, 0.5) is 11.5 Å². The summed E-state index contributed by atoms with van der Waals surface area (Å²) in [6.45, 7) is 8.34. The van der Waals surface area contributed by atoms with E-state index in [1.165, 1.54) is 5.56 Å². The predicted octanol–water partition coefficient (Wildman–Crippen LogP) is 4.82. The SMILES string of the molecule is CCN(CC)c1ccc(NC(C)c2csc(Cl)c2)cn1. The molecule has 1 atom stereocenters. The van der Waals surface area contributed by atoms with Crippen LogP contribution < -0.4 is 10.2 Å². The summed E-state index contributed by atoms with van der Waals surface area (Å²) in [6, 6.07) is 6.36. The monoisotopic (exact) mass is 309 g/mol. The minimum absolute atomic E-state index is 0.222. The van der Waals surface area contributed by atoms with Gasteiger partial charge in [-0.05, 0) is 49.9 Å². The molecular formula is C15H20ClN3S. The first-order valence-electron chi connectivity index (χ1n) is 6.85. The van der Waals surface area contributed by atoms with E-state index in [2.05, 4.69) is 53.5 Å². The van der Waals surface area contributed by atoms with Gasteiger partial charge in [-0.15, -0.1) is 11.3 Å². The standard InChI is InChI=1S/C15H20ClN3S/c1-4-19(5-2)15-7-6-13(9-17-15)18-11(3)12-8-14(16)20-10-12/h6-11,18H,4-5H2,1-3H3. The lowest BCUT2D eigenvalue weighted by Crippen LogP contribution is -2.22. The van der Waals surface area contributed by atoms with Gasteiger partial charge in [0.25, 0.3) is 0 Å². The van der Waals surface area contributed by atoms with Gasteiger partial charge in [-0.25, -0.2) is 4.98 Å². The third kappa shape index (κ3) is 3.64. The van der Waals surface area contributed by atoms with Gasteiger partial charge in [-0.2, -0.15) is 0 Å². The van der Waals surface area contributed by atoms with Crippen molar-refractivity contribution in [1.29, 1.82) is 0 Å². The normalized spacial score (nSPS) is 12.2. The van der Waals surface area contributed by atoms with Crippen molar-refractivity contribution in [3.63, 3.8) is 0 Å². The minimum Gasteiger partial charge on any atom is -0.377 e. The summed E-state index contributed by atoms with van der Waals surface area (Å²) in [7, 11) is 0. The second kappa shape index (κ2) is 6.95. The van der Waals surface area contributed by atoms with Crippen molar-refractivity contribution in [2.24, 2.45) is 0 Å². The van der Waals surface area contributed by atoms with Gasteiger partial charge in [0.2, 0.25) is 0 Å². The molecular weight excluding hydrogens is 290 g/mol. The maximum atomic E-state index is 5.97. The number of anilines is 2. The second-order valence-corrected chi connectivity index (χ2v) is 6.17. The number of halogens is 1. The molecule has 108 valence electrons. The molecule has 0 saturated carbocycles. The maximum absolute atomic E-state index is 5.97. The molecule has 20 heavy (non-hydrogen) atoms. The van der Waals surface area contributed by atoms with Crippen LogP contribution >= 0.6 is 22.9 Å². The number of thiophene rings is 1. The summed E-state index contributed by atoms with van der Waals surface area (Å²) in [6.07, 6.45) is 1.89. The van der Waals surface area contributed by atoms with Gasteiger partial charge in [0.05, 0.1) is 16.2 Å². The van der Waals surface area contributed by atoms with Crippen LogP contribution in [0.15, 0.2) is 29.8 Å². The van der Waals surface area contributed by atoms with Gasteiger partial charge >= 0.3 is 0 Å². The maximum Gasteiger partial charge on any atom is 0.128 e.